The van der Waals surface area contributed by atoms with E-state index in [4.69, 9.17) is 5.11 Å². The molecule has 0 spiro atoms. The van der Waals surface area contributed by atoms with E-state index in [1.165, 1.54) is 0 Å². The van der Waals surface area contributed by atoms with Crippen LogP contribution < -0.4 is 0 Å². The molecule has 0 atom stereocenters. The van der Waals surface area contributed by atoms with Gasteiger partial charge in [0.2, 0.25) is 5.78 Å². The number of aliphatic carboxylic acids is 1. The molecule has 152 valence electrons. The summed E-state index contributed by atoms with van der Waals surface area (Å²) in [5.41, 5.74) is 3.06. The van der Waals surface area contributed by atoms with E-state index in [0.717, 1.165) is 33.4 Å². The van der Waals surface area contributed by atoms with E-state index >= 15 is 0 Å². The summed E-state index contributed by atoms with van der Waals surface area (Å²) in [6, 6.07) is 11.7. The molecule has 29 heavy (non-hydrogen) atoms. The fourth-order valence-corrected chi connectivity index (χ4v) is 4.78. The summed E-state index contributed by atoms with van der Waals surface area (Å²) in [7, 11) is 0. The van der Waals surface area contributed by atoms with Crippen molar-refractivity contribution in [3.8, 4) is 0 Å². The van der Waals surface area contributed by atoms with Crippen LogP contribution >= 0.6 is 11.3 Å². The number of aryl methyl sites for hydroxylation is 2. The summed E-state index contributed by atoms with van der Waals surface area (Å²) in [6.45, 7) is 9.01. The molecule has 0 aliphatic heterocycles. The van der Waals surface area contributed by atoms with Crippen LogP contribution in [0.5, 0.6) is 0 Å². The van der Waals surface area contributed by atoms with E-state index in [1.54, 1.807) is 11.3 Å². The Hall–Kier alpha value is -2.86. The van der Waals surface area contributed by atoms with Gasteiger partial charge in [-0.2, -0.15) is 0 Å². The van der Waals surface area contributed by atoms with E-state index in [9.17, 15) is 9.59 Å². The highest BCUT2D eigenvalue weighted by Gasteiger charge is 2.24. The number of fused-ring (bicyclic) bond motifs is 2. The number of carbonyl (C=O) groups is 2. The number of carboxylic acid groups (broad SMARTS) is 1. The molecular formula is C23H26N2O3S. The number of hydrogen-bond donors (Lipinski definition) is 1. The zero-order valence-corrected chi connectivity index (χ0v) is 18.0. The monoisotopic (exact) mass is 410 g/mol. The van der Waals surface area contributed by atoms with Gasteiger partial charge in [-0.05, 0) is 37.4 Å². The van der Waals surface area contributed by atoms with Gasteiger partial charge in [-0.25, -0.2) is 0 Å². The summed E-state index contributed by atoms with van der Waals surface area (Å²) in [4.78, 5) is 25.7. The van der Waals surface area contributed by atoms with Crippen molar-refractivity contribution in [2.45, 2.75) is 47.2 Å². The number of rotatable bonds is 6. The predicted octanol–water partition coefficient (Wildman–Crippen LogP) is 5.72. The van der Waals surface area contributed by atoms with Gasteiger partial charge in [0.05, 0.1) is 17.7 Å². The Morgan fingerprint density at radius 2 is 1.83 bits per heavy atom. The number of thiophene rings is 1. The minimum Gasteiger partial charge on any atom is -0.481 e. The second kappa shape index (κ2) is 8.66. The van der Waals surface area contributed by atoms with Gasteiger partial charge >= 0.3 is 5.97 Å². The SMILES string of the molecule is CC.CCn1c(C(=O)c2c(C)n(CCC(=O)O)c3ccccc23)cc2ccsc21. The van der Waals surface area contributed by atoms with Crippen molar-refractivity contribution in [3.63, 3.8) is 0 Å². The number of para-hydroxylation sites is 1. The van der Waals surface area contributed by atoms with Gasteiger partial charge in [0.25, 0.3) is 0 Å². The first-order valence-electron chi connectivity index (χ1n) is 9.94. The largest absolute Gasteiger partial charge is 0.481 e. The normalized spacial score (nSPS) is 10.9. The summed E-state index contributed by atoms with van der Waals surface area (Å²) in [5.74, 6) is -0.858. The van der Waals surface area contributed by atoms with Crippen LogP contribution in [0.2, 0.25) is 0 Å². The number of benzene rings is 1. The third-order valence-electron chi connectivity index (χ3n) is 5.06. The topological polar surface area (TPSA) is 64.2 Å². The van der Waals surface area contributed by atoms with Crippen LogP contribution in [0.15, 0.2) is 41.8 Å². The van der Waals surface area contributed by atoms with Gasteiger partial charge in [0.1, 0.15) is 4.83 Å². The van der Waals surface area contributed by atoms with E-state index in [0.29, 0.717) is 17.8 Å². The van der Waals surface area contributed by atoms with Gasteiger partial charge in [0.15, 0.2) is 0 Å². The Bertz CT molecular complexity index is 1180. The fraction of sp³-hybridized carbons (Fsp3) is 0.304. The maximum absolute atomic E-state index is 13.5. The molecule has 1 N–H and O–H groups in total. The van der Waals surface area contributed by atoms with Gasteiger partial charge in [-0.3, -0.25) is 9.59 Å². The molecule has 6 heteroatoms. The average Bonchev–Trinajstić information content (AvgIpc) is 3.38. The Balaban J connectivity index is 0.00000117. The summed E-state index contributed by atoms with van der Waals surface area (Å²) in [6.07, 6.45) is 0.0220. The van der Waals surface area contributed by atoms with Crippen molar-refractivity contribution in [1.29, 1.82) is 0 Å². The van der Waals surface area contributed by atoms with Gasteiger partial charge in [-0.1, -0.05) is 32.0 Å². The highest BCUT2D eigenvalue weighted by Crippen LogP contribution is 2.31. The molecule has 0 fully saturated rings. The molecule has 0 saturated carbocycles. The molecule has 0 unspecified atom stereocenters. The minimum absolute atomic E-state index is 0.0111. The Morgan fingerprint density at radius 1 is 1.10 bits per heavy atom. The van der Waals surface area contributed by atoms with Gasteiger partial charge < -0.3 is 14.2 Å². The lowest BCUT2D eigenvalue weighted by Crippen LogP contribution is -2.11. The zero-order valence-electron chi connectivity index (χ0n) is 17.2. The van der Waals surface area contributed by atoms with Gasteiger partial charge in [0, 0.05) is 35.1 Å². The third kappa shape index (κ3) is 3.60. The van der Waals surface area contributed by atoms with Crippen molar-refractivity contribution in [2.24, 2.45) is 0 Å². The molecule has 0 amide bonds. The van der Waals surface area contributed by atoms with Crippen LogP contribution in [0, 0.1) is 6.92 Å². The van der Waals surface area contributed by atoms with Crippen molar-refractivity contribution in [3.05, 3.63) is 58.7 Å². The quantitative estimate of drug-likeness (QED) is 0.414. The lowest BCUT2D eigenvalue weighted by molar-refractivity contribution is -0.137. The zero-order chi connectivity index (χ0) is 21.1. The van der Waals surface area contributed by atoms with Crippen LogP contribution in [0.1, 0.15) is 48.9 Å². The number of carboxylic acids is 1. The predicted molar refractivity (Wildman–Crippen MR) is 119 cm³/mol. The van der Waals surface area contributed by atoms with Crippen LogP contribution in [0.3, 0.4) is 0 Å². The number of hydrogen-bond acceptors (Lipinski definition) is 3. The van der Waals surface area contributed by atoms with E-state index in [-0.39, 0.29) is 12.2 Å². The van der Waals surface area contributed by atoms with E-state index < -0.39 is 5.97 Å². The minimum atomic E-state index is -0.847. The Kier molecular flexibility index (Phi) is 6.23. The fourth-order valence-electron chi connectivity index (χ4n) is 3.82. The molecule has 0 aliphatic carbocycles. The van der Waals surface area contributed by atoms with Crippen LogP contribution in [0.4, 0.5) is 0 Å². The van der Waals surface area contributed by atoms with Crippen LogP contribution in [-0.2, 0) is 17.9 Å². The lowest BCUT2D eigenvalue weighted by Gasteiger charge is -2.08. The molecule has 4 rings (SSSR count). The lowest BCUT2D eigenvalue weighted by atomic mass is 10.0. The van der Waals surface area contributed by atoms with Crippen molar-refractivity contribution < 1.29 is 14.7 Å². The average molecular weight is 411 g/mol. The Labute approximate surface area is 174 Å². The highest BCUT2D eigenvalue weighted by molar-refractivity contribution is 7.16. The van der Waals surface area contributed by atoms with Crippen molar-refractivity contribution in [2.75, 3.05) is 0 Å². The first kappa shape index (κ1) is 20.9. The molecular weight excluding hydrogens is 384 g/mol. The number of ketones is 1. The smallest absolute Gasteiger partial charge is 0.305 e. The molecule has 0 aliphatic rings. The molecule has 3 heterocycles. The molecule has 4 aromatic rings. The molecule has 5 nitrogen and oxygen atoms in total. The van der Waals surface area contributed by atoms with Crippen LogP contribution in [0.25, 0.3) is 21.1 Å². The molecule has 3 aromatic heterocycles. The highest BCUT2D eigenvalue weighted by atomic mass is 32.1. The van der Waals surface area contributed by atoms with Gasteiger partial charge in [-0.15, -0.1) is 11.3 Å². The first-order valence-corrected chi connectivity index (χ1v) is 10.8. The maximum Gasteiger partial charge on any atom is 0.305 e. The van der Waals surface area contributed by atoms with Crippen molar-refractivity contribution >= 4 is 44.2 Å². The summed E-state index contributed by atoms with van der Waals surface area (Å²) < 4.78 is 4.00. The molecule has 0 radical (unpaired) electrons. The van der Waals surface area contributed by atoms with E-state index in [2.05, 4.69) is 4.57 Å². The van der Waals surface area contributed by atoms with Crippen LogP contribution in [-0.4, -0.2) is 26.0 Å². The summed E-state index contributed by atoms with van der Waals surface area (Å²) >= 11 is 1.64. The second-order valence-electron chi connectivity index (χ2n) is 6.56. The summed E-state index contributed by atoms with van der Waals surface area (Å²) in [5, 5.41) is 13.1. The number of nitrogens with zero attached hydrogens (tertiary/aromatic N) is 2. The number of aromatic nitrogens is 2. The second-order valence-corrected chi connectivity index (χ2v) is 7.45. The first-order chi connectivity index (χ1) is 14.0. The standard InChI is InChI=1S/C21H20N2O3S.C2H6/c1-3-22-17(12-14-9-11-27-21(14)22)20(26)19-13(2)23(10-8-18(24)25)16-7-5-4-6-15(16)19;1-2/h4-7,9,11-12H,3,8,10H2,1-2H3,(H,24,25);1-2H3. The molecule has 0 saturated heterocycles. The molecule has 0 bridgehead atoms. The van der Waals surface area contributed by atoms with Crippen molar-refractivity contribution in [1.82, 2.24) is 9.13 Å². The Morgan fingerprint density at radius 3 is 2.52 bits per heavy atom. The van der Waals surface area contributed by atoms with E-state index in [1.807, 2.05) is 74.0 Å². The molecule has 1 aromatic carbocycles. The maximum atomic E-state index is 13.5. The number of carbonyl (C=O) groups excluding carboxylic acids is 1. The third-order valence-corrected chi connectivity index (χ3v) is 6.01.